The van der Waals surface area contributed by atoms with E-state index in [1.165, 1.54) is 13.2 Å². The number of methoxy groups -OCH3 is 1. The second kappa shape index (κ2) is 6.37. The first kappa shape index (κ1) is 15.0. The van der Waals surface area contributed by atoms with E-state index < -0.39 is 12.7 Å². The molecule has 1 unspecified atom stereocenters. The maximum atomic E-state index is 11.5. The first-order valence-corrected chi connectivity index (χ1v) is 8.43. The number of nitro groups is 1. The molecule has 1 aromatic carbocycles. The Balaban J connectivity index is 2.20. The van der Waals surface area contributed by atoms with Crippen LogP contribution in [-0.2, 0) is 4.57 Å². The van der Waals surface area contributed by atoms with Gasteiger partial charge in [-0.05, 0) is 18.6 Å². The van der Waals surface area contributed by atoms with Crippen molar-refractivity contribution in [3.63, 3.8) is 0 Å². The number of benzene rings is 1. The van der Waals surface area contributed by atoms with Gasteiger partial charge in [-0.1, -0.05) is 6.07 Å². The van der Waals surface area contributed by atoms with Crippen molar-refractivity contribution >= 4 is 13.5 Å². The summed E-state index contributed by atoms with van der Waals surface area (Å²) in [7, 11) is 0.0583. The van der Waals surface area contributed by atoms with E-state index in [1.807, 2.05) is 0 Å². The van der Waals surface area contributed by atoms with Crippen LogP contribution in [-0.4, -0.2) is 42.3 Å². The molecule has 0 saturated carbocycles. The topological polar surface area (TPSA) is 72.7 Å². The minimum atomic E-state index is -1.38. The normalized spacial score (nSPS) is 18.7. The summed E-state index contributed by atoms with van der Waals surface area (Å²) in [4.78, 5) is 12.7. The Morgan fingerprint density at radius 3 is 2.60 bits per heavy atom. The predicted octanol–water partition coefficient (Wildman–Crippen LogP) is 2.54. The van der Waals surface area contributed by atoms with Crippen molar-refractivity contribution in [1.29, 1.82) is 0 Å². The fourth-order valence-electron chi connectivity index (χ4n) is 2.48. The van der Waals surface area contributed by atoms with E-state index in [-0.39, 0.29) is 17.5 Å². The lowest BCUT2D eigenvalue weighted by molar-refractivity contribution is -0.385. The predicted molar refractivity (Wildman–Crippen MR) is 78.4 cm³/mol. The maximum absolute atomic E-state index is 11.5. The molecule has 0 bridgehead atoms. The lowest BCUT2D eigenvalue weighted by atomic mass is 10.1. The molecule has 1 heterocycles. The summed E-state index contributed by atoms with van der Waals surface area (Å²) in [5.74, 6) is 0.282. The Bertz CT molecular complexity index is 525. The highest BCUT2D eigenvalue weighted by atomic mass is 31.1. The molecule has 0 N–H and O–H groups in total. The van der Waals surface area contributed by atoms with Gasteiger partial charge in [0.2, 0.25) is 0 Å². The average Bonchev–Trinajstić information content (AvgIpc) is 2.46. The highest BCUT2D eigenvalue weighted by Crippen LogP contribution is 2.34. The molecular formula is C13H19N2O4P. The maximum Gasteiger partial charge on any atom is 0.310 e. The van der Waals surface area contributed by atoms with E-state index >= 15 is 0 Å². The number of ether oxygens (including phenoxy) is 1. The van der Waals surface area contributed by atoms with Crippen molar-refractivity contribution in [3.05, 3.63) is 33.9 Å². The van der Waals surface area contributed by atoms with Crippen LogP contribution in [0.5, 0.6) is 5.75 Å². The minimum Gasteiger partial charge on any atom is -0.490 e. The van der Waals surface area contributed by atoms with E-state index in [0.717, 1.165) is 31.0 Å². The van der Waals surface area contributed by atoms with E-state index in [1.54, 1.807) is 12.1 Å². The second-order valence-electron chi connectivity index (χ2n) is 4.94. The molecule has 7 heteroatoms. The SMILES string of the molecule is COc1cc(C(C)N2CC[PH](=O)CC2)ccc1[N+](=O)[O-]. The Labute approximate surface area is 118 Å². The van der Waals surface area contributed by atoms with Gasteiger partial charge in [-0.3, -0.25) is 15.0 Å². The summed E-state index contributed by atoms with van der Waals surface area (Å²) in [6, 6.07) is 5.11. The van der Waals surface area contributed by atoms with Crippen LogP contribution in [0.25, 0.3) is 0 Å². The van der Waals surface area contributed by atoms with Crippen LogP contribution < -0.4 is 4.74 Å². The van der Waals surface area contributed by atoms with Gasteiger partial charge in [0.25, 0.3) is 0 Å². The van der Waals surface area contributed by atoms with Gasteiger partial charge in [0, 0.05) is 37.5 Å². The third-order valence-electron chi connectivity index (χ3n) is 3.79. The third-order valence-corrected chi connectivity index (χ3v) is 5.35. The zero-order chi connectivity index (χ0) is 14.7. The van der Waals surface area contributed by atoms with Crippen molar-refractivity contribution in [3.8, 4) is 5.75 Å². The molecule has 0 amide bonds. The molecule has 0 aromatic heterocycles. The molecule has 1 aliphatic heterocycles. The molecule has 0 aliphatic carbocycles. The fourth-order valence-corrected chi connectivity index (χ4v) is 3.80. The second-order valence-corrected chi connectivity index (χ2v) is 7.02. The van der Waals surface area contributed by atoms with Crippen LogP contribution in [0.3, 0.4) is 0 Å². The smallest absolute Gasteiger partial charge is 0.310 e. The van der Waals surface area contributed by atoms with Crippen LogP contribution in [0, 0.1) is 10.1 Å². The van der Waals surface area contributed by atoms with Gasteiger partial charge in [-0.2, -0.15) is 0 Å². The molecule has 0 radical (unpaired) electrons. The largest absolute Gasteiger partial charge is 0.490 e. The van der Waals surface area contributed by atoms with Crippen molar-refractivity contribution < 1.29 is 14.2 Å². The summed E-state index contributed by atoms with van der Waals surface area (Å²) in [6.45, 7) is 3.69. The van der Waals surface area contributed by atoms with E-state index in [9.17, 15) is 14.7 Å². The summed E-state index contributed by atoms with van der Waals surface area (Å²) in [6.07, 6.45) is 1.53. The zero-order valence-electron chi connectivity index (χ0n) is 11.7. The number of hydrogen-bond donors (Lipinski definition) is 0. The summed E-state index contributed by atoms with van der Waals surface area (Å²) >= 11 is 0. The average molecular weight is 298 g/mol. The molecule has 1 atom stereocenters. The van der Waals surface area contributed by atoms with Gasteiger partial charge in [0.05, 0.1) is 19.8 Å². The molecule has 1 aromatic rings. The molecule has 0 spiro atoms. The number of nitrogens with zero attached hydrogens (tertiary/aromatic N) is 2. The van der Waals surface area contributed by atoms with E-state index in [0.29, 0.717) is 0 Å². The lowest BCUT2D eigenvalue weighted by Crippen LogP contribution is -2.34. The quantitative estimate of drug-likeness (QED) is 0.485. The lowest BCUT2D eigenvalue weighted by Gasteiger charge is -2.32. The molecule has 20 heavy (non-hydrogen) atoms. The van der Waals surface area contributed by atoms with Crippen molar-refractivity contribution in [2.24, 2.45) is 0 Å². The fraction of sp³-hybridized carbons (Fsp3) is 0.538. The third kappa shape index (κ3) is 3.19. The van der Waals surface area contributed by atoms with Gasteiger partial charge in [-0.25, -0.2) is 0 Å². The van der Waals surface area contributed by atoms with Gasteiger partial charge in [-0.15, -0.1) is 0 Å². The molecule has 1 aliphatic rings. The van der Waals surface area contributed by atoms with Crippen molar-refractivity contribution in [2.75, 3.05) is 32.5 Å². The summed E-state index contributed by atoms with van der Waals surface area (Å²) in [5.41, 5.74) is 0.959. The molecule has 110 valence electrons. The van der Waals surface area contributed by atoms with Crippen LogP contribution in [0.4, 0.5) is 5.69 Å². The van der Waals surface area contributed by atoms with E-state index in [4.69, 9.17) is 4.74 Å². The first-order chi connectivity index (χ1) is 9.52. The monoisotopic (exact) mass is 298 g/mol. The molecule has 6 nitrogen and oxygen atoms in total. The Morgan fingerprint density at radius 1 is 1.40 bits per heavy atom. The molecule has 1 saturated heterocycles. The highest BCUT2D eigenvalue weighted by Gasteiger charge is 2.23. The Morgan fingerprint density at radius 2 is 2.05 bits per heavy atom. The minimum absolute atomic E-state index is 0.0212. The highest BCUT2D eigenvalue weighted by molar-refractivity contribution is 7.44. The number of rotatable bonds is 4. The first-order valence-electron chi connectivity index (χ1n) is 6.61. The molecule has 2 rings (SSSR count). The summed E-state index contributed by atoms with van der Waals surface area (Å²) < 4.78 is 16.5. The number of hydrogen-bond acceptors (Lipinski definition) is 5. The van der Waals surface area contributed by atoms with Crippen molar-refractivity contribution in [2.45, 2.75) is 13.0 Å². The van der Waals surface area contributed by atoms with Crippen LogP contribution in [0.15, 0.2) is 18.2 Å². The van der Waals surface area contributed by atoms with Crippen LogP contribution >= 0.6 is 7.80 Å². The van der Waals surface area contributed by atoms with Crippen LogP contribution in [0.1, 0.15) is 18.5 Å². The standard InChI is InChI=1S/C13H19N2O4P/c1-10(14-5-7-20(18)8-6-14)11-3-4-12(15(16)17)13(9-11)19-2/h3-4,9-10,20H,5-8H2,1-2H3. The van der Waals surface area contributed by atoms with Crippen LogP contribution in [0.2, 0.25) is 0 Å². The van der Waals surface area contributed by atoms with Gasteiger partial charge < -0.3 is 9.30 Å². The number of nitro benzene ring substituents is 1. The van der Waals surface area contributed by atoms with Gasteiger partial charge in [0.1, 0.15) is 0 Å². The van der Waals surface area contributed by atoms with Gasteiger partial charge >= 0.3 is 5.69 Å². The molecule has 1 fully saturated rings. The van der Waals surface area contributed by atoms with Crippen molar-refractivity contribution in [1.82, 2.24) is 4.90 Å². The summed E-state index contributed by atoms with van der Waals surface area (Å²) in [5, 5.41) is 10.9. The zero-order valence-corrected chi connectivity index (χ0v) is 12.7. The Hall–Kier alpha value is -1.39. The molecular weight excluding hydrogens is 279 g/mol. The Kier molecular flexibility index (Phi) is 4.78. The van der Waals surface area contributed by atoms with E-state index in [2.05, 4.69) is 11.8 Å². The van der Waals surface area contributed by atoms with Gasteiger partial charge in [0.15, 0.2) is 5.75 Å².